The third kappa shape index (κ3) is 3.81. The zero-order valence-corrected chi connectivity index (χ0v) is 12.1. The highest BCUT2D eigenvalue weighted by atomic mass is 15.1. The van der Waals surface area contributed by atoms with E-state index in [1.807, 2.05) is 18.2 Å². The number of likely N-dealkylation sites (tertiary alicyclic amines) is 1. The number of hydrogen-bond donors (Lipinski definition) is 0. The van der Waals surface area contributed by atoms with Gasteiger partial charge in [-0.15, -0.1) is 0 Å². The molecule has 1 aliphatic rings. The van der Waals surface area contributed by atoms with Crippen LogP contribution < -0.4 is 0 Å². The van der Waals surface area contributed by atoms with Crippen molar-refractivity contribution >= 4 is 0 Å². The minimum Gasteiger partial charge on any atom is -0.299 e. The molecule has 1 aromatic carbocycles. The lowest BCUT2D eigenvalue weighted by atomic mass is 9.89. The molecule has 0 N–H and O–H groups in total. The molecule has 0 spiro atoms. The van der Waals surface area contributed by atoms with Crippen molar-refractivity contribution in [1.82, 2.24) is 4.90 Å². The molecule has 102 valence electrons. The largest absolute Gasteiger partial charge is 0.299 e. The summed E-state index contributed by atoms with van der Waals surface area (Å²) >= 11 is 0. The van der Waals surface area contributed by atoms with Gasteiger partial charge in [0.25, 0.3) is 0 Å². The van der Waals surface area contributed by atoms with Crippen molar-refractivity contribution in [3.8, 4) is 6.07 Å². The van der Waals surface area contributed by atoms with Gasteiger partial charge < -0.3 is 0 Å². The van der Waals surface area contributed by atoms with Crippen LogP contribution in [0.15, 0.2) is 24.3 Å². The van der Waals surface area contributed by atoms with Crippen LogP contribution in [0.2, 0.25) is 0 Å². The average Bonchev–Trinajstić information content (AvgIpc) is 2.65. The predicted molar refractivity (Wildman–Crippen MR) is 78.6 cm³/mol. The molecule has 1 unspecified atom stereocenters. The molecule has 1 heterocycles. The summed E-state index contributed by atoms with van der Waals surface area (Å²) in [6.45, 7) is 7.94. The Bertz CT molecular complexity index is 445. The van der Waals surface area contributed by atoms with Gasteiger partial charge in [-0.2, -0.15) is 5.26 Å². The summed E-state index contributed by atoms with van der Waals surface area (Å²) in [5, 5.41) is 9.15. The molecule has 2 nitrogen and oxygen atoms in total. The highest BCUT2D eigenvalue weighted by molar-refractivity contribution is 5.37. The zero-order chi connectivity index (χ0) is 13.7. The third-order valence-electron chi connectivity index (χ3n) is 4.34. The Hall–Kier alpha value is -1.33. The lowest BCUT2D eigenvalue weighted by Crippen LogP contribution is -2.25. The van der Waals surface area contributed by atoms with Gasteiger partial charge in [-0.1, -0.05) is 32.0 Å². The third-order valence-corrected chi connectivity index (χ3v) is 4.34. The van der Waals surface area contributed by atoms with E-state index >= 15 is 0 Å². The van der Waals surface area contributed by atoms with E-state index < -0.39 is 0 Å². The molecule has 2 rings (SSSR count). The maximum Gasteiger partial charge on any atom is 0.0995 e. The van der Waals surface area contributed by atoms with Gasteiger partial charge in [-0.05, 0) is 55.8 Å². The normalized spacial score (nSPS) is 21.1. The first-order chi connectivity index (χ1) is 9.20. The van der Waals surface area contributed by atoms with Crippen LogP contribution in [0.3, 0.4) is 0 Å². The van der Waals surface area contributed by atoms with Gasteiger partial charge in [-0.3, -0.25) is 4.90 Å². The summed E-state index contributed by atoms with van der Waals surface area (Å²) in [6, 6.07) is 10.3. The van der Waals surface area contributed by atoms with Crippen molar-refractivity contribution in [1.29, 1.82) is 5.26 Å². The fourth-order valence-corrected chi connectivity index (χ4v) is 3.01. The van der Waals surface area contributed by atoms with E-state index in [9.17, 15) is 0 Å². The first-order valence-corrected chi connectivity index (χ1v) is 7.41. The van der Waals surface area contributed by atoms with Gasteiger partial charge in [0, 0.05) is 6.54 Å². The molecule has 2 heteroatoms. The van der Waals surface area contributed by atoms with E-state index in [1.54, 1.807) is 0 Å². The molecule has 0 bridgehead atoms. The molecule has 1 atom stereocenters. The Kier molecular flexibility index (Phi) is 4.99. The van der Waals surface area contributed by atoms with Crippen LogP contribution in [0, 0.1) is 23.2 Å². The monoisotopic (exact) mass is 256 g/mol. The molecule has 1 fully saturated rings. The standard InChI is InChI=1S/C17H24N2/c1-14(2)15-8-5-10-19(11-9-15)13-17-7-4-3-6-16(17)12-18/h3-4,6-7,14-15H,5,8-11,13H2,1-2H3. The summed E-state index contributed by atoms with van der Waals surface area (Å²) in [5.41, 5.74) is 2.00. The van der Waals surface area contributed by atoms with Crippen LogP contribution in [0.5, 0.6) is 0 Å². The fourth-order valence-electron chi connectivity index (χ4n) is 3.01. The van der Waals surface area contributed by atoms with Crippen molar-refractivity contribution in [3.63, 3.8) is 0 Å². The second kappa shape index (κ2) is 6.73. The molecule has 1 saturated heterocycles. The molecule has 0 saturated carbocycles. The molecular weight excluding hydrogens is 232 g/mol. The Morgan fingerprint density at radius 1 is 1.26 bits per heavy atom. The quantitative estimate of drug-likeness (QED) is 0.822. The van der Waals surface area contributed by atoms with Crippen molar-refractivity contribution in [2.45, 2.75) is 39.7 Å². The summed E-state index contributed by atoms with van der Waals surface area (Å²) in [6.07, 6.45) is 3.94. The number of nitrogens with zero attached hydrogens (tertiary/aromatic N) is 2. The second-order valence-electron chi connectivity index (χ2n) is 5.98. The fraction of sp³-hybridized carbons (Fsp3) is 0.588. The van der Waals surface area contributed by atoms with Crippen molar-refractivity contribution < 1.29 is 0 Å². The van der Waals surface area contributed by atoms with Crippen LogP contribution in [0.1, 0.15) is 44.2 Å². The molecule has 0 aliphatic carbocycles. The van der Waals surface area contributed by atoms with E-state index in [2.05, 4.69) is 30.9 Å². The molecular formula is C17H24N2. The van der Waals surface area contributed by atoms with Gasteiger partial charge in [0.2, 0.25) is 0 Å². The predicted octanol–water partition coefficient (Wildman–Crippen LogP) is 3.82. The smallest absolute Gasteiger partial charge is 0.0995 e. The van der Waals surface area contributed by atoms with Crippen molar-refractivity contribution in [3.05, 3.63) is 35.4 Å². The van der Waals surface area contributed by atoms with Gasteiger partial charge in [0.1, 0.15) is 0 Å². The van der Waals surface area contributed by atoms with Crippen LogP contribution in [0.25, 0.3) is 0 Å². The lowest BCUT2D eigenvalue weighted by molar-refractivity contribution is 0.264. The maximum atomic E-state index is 9.15. The summed E-state index contributed by atoms with van der Waals surface area (Å²) in [7, 11) is 0. The van der Waals surface area contributed by atoms with Crippen molar-refractivity contribution in [2.75, 3.05) is 13.1 Å². The molecule has 0 radical (unpaired) electrons. The first kappa shape index (κ1) is 14.1. The SMILES string of the molecule is CC(C)C1CCCN(Cc2ccccc2C#N)CC1. The van der Waals surface area contributed by atoms with Gasteiger partial charge in [-0.25, -0.2) is 0 Å². The summed E-state index contributed by atoms with van der Waals surface area (Å²) in [5.74, 6) is 1.67. The van der Waals surface area contributed by atoms with Crippen LogP contribution in [-0.2, 0) is 6.54 Å². The summed E-state index contributed by atoms with van der Waals surface area (Å²) in [4.78, 5) is 2.51. The van der Waals surface area contributed by atoms with E-state index in [0.29, 0.717) is 0 Å². The van der Waals surface area contributed by atoms with E-state index in [1.165, 1.54) is 37.9 Å². The average molecular weight is 256 g/mol. The summed E-state index contributed by atoms with van der Waals surface area (Å²) < 4.78 is 0. The molecule has 19 heavy (non-hydrogen) atoms. The van der Waals surface area contributed by atoms with Gasteiger partial charge >= 0.3 is 0 Å². The lowest BCUT2D eigenvalue weighted by Gasteiger charge is -2.21. The van der Waals surface area contributed by atoms with Crippen molar-refractivity contribution in [2.24, 2.45) is 11.8 Å². The highest BCUT2D eigenvalue weighted by Gasteiger charge is 2.19. The van der Waals surface area contributed by atoms with Crippen LogP contribution in [0.4, 0.5) is 0 Å². The Morgan fingerprint density at radius 2 is 2.05 bits per heavy atom. The minimum atomic E-state index is 0.798. The highest BCUT2D eigenvalue weighted by Crippen LogP contribution is 2.25. The number of rotatable bonds is 3. The van der Waals surface area contributed by atoms with E-state index in [0.717, 1.165) is 23.9 Å². The molecule has 0 amide bonds. The van der Waals surface area contributed by atoms with Crippen LogP contribution >= 0.6 is 0 Å². The van der Waals surface area contributed by atoms with Gasteiger partial charge in [0.15, 0.2) is 0 Å². The Morgan fingerprint density at radius 3 is 2.79 bits per heavy atom. The Labute approximate surface area is 117 Å². The van der Waals surface area contributed by atoms with E-state index in [-0.39, 0.29) is 0 Å². The maximum absolute atomic E-state index is 9.15. The minimum absolute atomic E-state index is 0.798. The van der Waals surface area contributed by atoms with Crippen LogP contribution in [-0.4, -0.2) is 18.0 Å². The first-order valence-electron chi connectivity index (χ1n) is 7.41. The van der Waals surface area contributed by atoms with E-state index in [4.69, 9.17) is 5.26 Å². The van der Waals surface area contributed by atoms with Gasteiger partial charge in [0.05, 0.1) is 11.6 Å². The second-order valence-corrected chi connectivity index (χ2v) is 5.98. The molecule has 1 aliphatic heterocycles. The topological polar surface area (TPSA) is 27.0 Å². The number of hydrogen-bond acceptors (Lipinski definition) is 2. The molecule has 1 aromatic rings. The Balaban J connectivity index is 1.98. The number of benzene rings is 1. The molecule has 0 aromatic heterocycles. The zero-order valence-electron chi connectivity index (χ0n) is 12.1. The number of nitriles is 1.